The van der Waals surface area contributed by atoms with Gasteiger partial charge in [-0.2, -0.15) is 0 Å². The number of amides is 1. The molecule has 2 heterocycles. The Bertz CT molecular complexity index is 768. The number of aromatic amines is 1. The van der Waals surface area contributed by atoms with Gasteiger partial charge in [0.2, 0.25) is 5.88 Å². The second kappa shape index (κ2) is 8.29. The number of aryl methyl sites for hydroxylation is 2. The molecule has 0 aliphatic carbocycles. The largest absolute Gasteiger partial charge is 0.413 e. The molecular formula is C18H23N3O3. The zero-order chi connectivity index (χ0) is 17.5. The Morgan fingerprint density at radius 3 is 2.83 bits per heavy atom. The topological polar surface area (TPSA) is 84.1 Å². The van der Waals surface area contributed by atoms with Crippen LogP contribution in [0.3, 0.4) is 0 Å². The minimum absolute atomic E-state index is 0.0820. The molecule has 6 heteroatoms. The number of hydrogen-bond acceptors (Lipinski definition) is 4. The molecule has 0 aromatic carbocycles. The maximum atomic E-state index is 11.8. The molecule has 0 atom stereocenters. The highest BCUT2D eigenvalue weighted by molar-refractivity contribution is 5.70. The SMILES string of the molecule is CCCCNC(=O)Oc1cccc(-c2cc(CC)c(=O)[nH]c2C)n1. The number of aromatic nitrogens is 2. The predicted molar refractivity (Wildman–Crippen MR) is 93.3 cm³/mol. The number of hydrogen-bond donors (Lipinski definition) is 2. The van der Waals surface area contributed by atoms with Crippen LogP contribution in [0, 0.1) is 6.92 Å². The molecule has 24 heavy (non-hydrogen) atoms. The Morgan fingerprint density at radius 1 is 1.33 bits per heavy atom. The first-order valence-electron chi connectivity index (χ1n) is 8.21. The first-order chi connectivity index (χ1) is 11.5. The van der Waals surface area contributed by atoms with Crippen molar-refractivity contribution in [2.75, 3.05) is 6.54 Å². The van der Waals surface area contributed by atoms with Crippen molar-refractivity contribution in [1.82, 2.24) is 15.3 Å². The van der Waals surface area contributed by atoms with Crippen molar-refractivity contribution >= 4 is 6.09 Å². The van der Waals surface area contributed by atoms with E-state index in [1.807, 2.05) is 26.0 Å². The molecule has 6 nitrogen and oxygen atoms in total. The molecule has 1 amide bonds. The Kier molecular flexibility index (Phi) is 6.12. The molecule has 128 valence electrons. The lowest BCUT2D eigenvalue weighted by molar-refractivity contribution is 0.198. The van der Waals surface area contributed by atoms with Crippen LogP contribution >= 0.6 is 0 Å². The quantitative estimate of drug-likeness (QED) is 0.797. The lowest BCUT2D eigenvalue weighted by Gasteiger charge is -2.09. The molecule has 0 spiro atoms. The number of rotatable bonds is 6. The summed E-state index contributed by atoms with van der Waals surface area (Å²) in [5.74, 6) is 0.227. The van der Waals surface area contributed by atoms with E-state index >= 15 is 0 Å². The van der Waals surface area contributed by atoms with Crippen molar-refractivity contribution < 1.29 is 9.53 Å². The minimum Gasteiger partial charge on any atom is -0.391 e. The van der Waals surface area contributed by atoms with E-state index < -0.39 is 6.09 Å². The third-order valence-corrected chi connectivity index (χ3v) is 3.69. The molecule has 0 fully saturated rings. The summed E-state index contributed by atoms with van der Waals surface area (Å²) in [6, 6.07) is 7.06. The second-order valence-electron chi connectivity index (χ2n) is 5.55. The maximum Gasteiger partial charge on any atom is 0.413 e. The summed E-state index contributed by atoms with van der Waals surface area (Å²) in [4.78, 5) is 30.8. The van der Waals surface area contributed by atoms with Gasteiger partial charge in [0.25, 0.3) is 5.56 Å². The number of carbonyl (C=O) groups is 1. The van der Waals surface area contributed by atoms with E-state index in [0.717, 1.165) is 24.1 Å². The van der Waals surface area contributed by atoms with Gasteiger partial charge in [0.1, 0.15) is 0 Å². The maximum absolute atomic E-state index is 11.8. The molecule has 0 unspecified atom stereocenters. The lowest BCUT2D eigenvalue weighted by Crippen LogP contribution is -2.27. The Labute approximate surface area is 141 Å². The summed E-state index contributed by atoms with van der Waals surface area (Å²) in [5, 5.41) is 2.68. The van der Waals surface area contributed by atoms with Crippen LogP contribution in [0.4, 0.5) is 4.79 Å². The third kappa shape index (κ3) is 4.44. The minimum atomic E-state index is -0.513. The van der Waals surface area contributed by atoms with E-state index in [0.29, 0.717) is 24.2 Å². The van der Waals surface area contributed by atoms with Crippen molar-refractivity contribution in [2.45, 2.75) is 40.0 Å². The first-order valence-corrected chi connectivity index (χ1v) is 8.21. The number of nitrogens with one attached hydrogen (secondary N) is 2. The summed E-state index contributed by atoms with van der Waals surface area (Å²) in [6.07, 6.45) is 2.03. The summed E-state index contributed by atoms with van der Waals surface area (Å²) in [6.45, 7) is 6.38. The number of ether oxygens (including phenoxy) is 1. The van der Waals surface area contributed by atoms with Gasteiger partial charge in [-0.3, -0.25) is 4.79 Å². The van der Waals surface area contributed by atoms with E-state index in [4.69, 9.17) is 4.74 Å². The van der Waals surface area contributed by atoms with E-state index in [9.17, 15) is 9.59 Å². The van der Waals surface area contributed by atoms with Crippen LogP contribution in [0.15, 0.2) is 29.1 Å². The fourth-order valence-corrected chi connectivity index (χ4v) is 2.31. The molecule has 0 radical (unpaired) electrons. The molecule has 0 aliphatic heterocycles. The lowest BCUT2D eigenvalue weighted by atomic mass is 10.1. The van der Waals surface area contributed by atoms with Gasteiger partial charge >= 0.3 is 6.09 Å². The zero-order valence-corrected chi connectivity index (χ0v) is 14.3. The van der Waals surface area contributed by atoms with Crippen molar-refractivity contribution in [3.05, 3.63) is 45.9 Å². The second-order valence-corrected chi connectivity index (χ2v) is 5.55. The van der Waals surface area contributed by atoms with Gasteiger partial charge in [-0.25, -0.2) is 9.78 Å². The average molecular weight is 329 g/mol. The highest BCUT2D eigenvalue weighted by Gasteiger charge is 2.10. The summed E-state index contributed by atoms with van der Waals surface area (Å²) in [5.41, 5.74) is 2.82. The highest BCUT2D eigenvalue weighted by atomic mass is 16.6. The molecular weight excluding hydrogens is 306 g/mol. The molecule has 0 saturated carbocycles. The number of unbranched alkanes of at least 4 members (excludes halogenated alkanes) is 1. The van der Waals surface area contributed by atoms with Crippen LogP contribution in [0.25, 0.3) is 11.3 Å². The number of nitrogens with zero attached hydrogens (tertiary/aromatic N) is 1. The van der Waals surface area contributed by atoms with Crippen molar-refractivity contribution in [1.29, 1.82) is 0 Å². The number of pyridine rings is 2. The Hall–Kier alpha value is -2.63. The molecule has 2 aromatic rings. The van der Waals surface area contributed by atoms with Gasteiger partial charge in [0.05, 0.1) is 5.69 Å². The van der Waals surface area contributed by atoms with Crippen LogP contribution in [0.5, 0.6) is 5.88 Å². The van der Waals surface area contributed by atoms with E-state index in [1.165, 1.54) is 0 Å². The fraction of sp³-hybridized carbons (Fsp3) is 0.389. The summed E-state index contributed by atoms with van der Waals surface area (Å²) < 4.78 is 5.21. The van der Waals surface area contributed by atoms with Gasteiger partial charge < -0.3 is 15.0 Å². The summed E-state index contributed by atoms with van der Waals surface area (Å²) >= 11 is 0. The van der Waals surface area contributed by atoms with Gasteiger partial charge in [-0.05, 0) is 31.9 Å². The highest BCUT2D eigenvalue weighted by Crippen LogP contribution is 2.22. The van der Waals surface area contributed by atoms with Gasteiger partial charge in [-0.15, -0.1) is 0 Å². The van der Waals surface area contributed by atoms with Gasteiger partial charge in [-0.1, -0.05) is 26.3 Å². The van der Waals surface area contributed by atoms with Crippen LogP contribution in [-0.2, 0) is 6.42 Å². The number of carbonyl (C=O) groups excluding carboxylic acids is 1. The van der Waals surface area contributed by atoms with Crippen LogP contribution in [0.2, 0.25) is 0 Å². The molecule has 2 aromatic heterocycles. The van der Waals surface area contributed by atoms with Crippen LogP contribution in [-0.4, -0.2) is 22.6 Å². The van der Waals surface area contributed by atoms with Crippen LogP contribution in [0.1, 0.15) is 37.9 Å². The van der Waals surface area contributed by atoms with E-state index in [-0.39, 0.29) is 11.4 Å². The predicted octanol–water partition coefficient (Wildman–Crippen LogP) is 3.20. The number of H-pyrrole nitrogens is 1. The smallest absolute Gasteiger partial charge is 0.391 e. The average Bonchev–Trinajstić information content (AvgIpc) is 2.55. The molecule has 0 bridgehead atoms. The summed E-state index contributed by atoms with van der Waals surface area (Å²) in [7, 11) is 0. The van der Waals surface area contributed by atoms with E-state index in [2.05, 4.69) is 22.2 Å². The van der Waals surface area contributed by atoms with E-state index in [1.54, 1.807) is 12.1 Å². The monoisotopic (exact) mass is 329 g/mol. The molecule has 2 rings (SSSR count). The molecule has 2 N–H and O–H groups in total. The third-order valence-electron chi connectivity index (χ3n) is 3.69. The van der Waals surface area contributed by atoms with Gasteiger partial charge in [0.15, 0.2) is 0 Å². The molecule has 0 aliphatic rings. The van der Waals surface area contributed by atoms with Crippen LogP contribution < -0.4 is 15.6 Å². The Balaban J connectivity index is 2.22. The molecule has 0 saturated heterocycles. The standard InChI is InChI=1S/C18H23N3O3/c1-4-6-10-19-18(23)24-16-9-7-8-15(21-16)14-11-13(5-2)17(22)20-12(14)3/h7-9,11H,4-6,10H2,1-3H3,(H,19,23)(H,20,22). The Morgan fingerprint density at radius 2 is 2.12 bits per heavy atom. The van der Waals surface area contributed by atoms with Crippen molar-refractivity contribution in [3.8, 4) is 17.1 Å². The van der Waals surface area contributed by atoms with Crippen molar-refractivity contribution in [2.24, 2.45) is 0 Å². The normalized spacial score (nSPS) is 10.5. The van der Waals surface area contributed by atoms with Crippen molar-refractivity contribution in [3.63, 3.8) is 0 Å². The fourth-order valence-electron chi connectivity index (χ4n) is 2.31. The zero-order valence-electron chi connectivity index (χ0n) is 14.3. The van der Waals surface area contributed by atoms with Gasteiger partial charge in [0, 0.05) is 29.4 Å². The first kappa shape index (κ1) is 17.7.